The second-order valence-electron chi connectivity index (χ2n) is 4.52. The molecule has 0 aliphatic carbocycles. The van der Waals surface area contributed by atoms with Crippen molar-refractivity contribution in [2.75, 3.05) is 6.61 Å². The Hall–Kier alpha value is -2.08. The predicted octanol–water partition coefficient (Wildman–Crippen LogP) is -0.191. The molecule has 0 radical (unpaired) electrons. The highest BCUT2D eigenvalue weighted by Crippen LogP contribution is 2.29. The summed E-state index contributed by atoms with van der Waals surface area (Å²) >= 11 is 0. The van der Waals surface area contributed by atoms with Gasteiger partial charge >= 0.3 is 5.69 Å². The maximum Gasteiger partial charge on any atom is 0.330 e. The number of aromatic nitrogens is 2. The summed E-state index contributed by atoms with van der Waals surface area (Å²) in [5.74, 6) is 0. The summed E-state index contributed by atoms with van der Waals surface area (Å²) in [7, 11) is 0. The molecule has 0 amide bonds. The number of nitrogens with zero attached hydrogens (tertiary/aromatic N) is 1. The van der Waals surface area contributed by atoms with Gasteiger partial charge in [-0.2, -0.15) is 0 Å². The summed E-state index contributed by atoms with van der Waals surface area (Å²) in [5, 5.41) is 9.27. The average Bonchev–Trinajstić information content (AvgIpc) is 2.83. The van der Waals surface area contributed by atoms with Crippen LogP contribution in [0.5, 0.6) is 0 Å². The van der Waals surface area contributed by atoms with Crippen molar-refractivity contribution in [3.8, 4) is 0 Å². The Morgan fingerprint density at radius 1 is 1.70 bits per heavy atom. The van der Waals surface area contributed by atoms with Gasteiger partial charge in [0.25, 0.3) is 5.56 Å². The van der Waals surface area contributed by atoms with Crippen LogP contribution < -0.4 is 11.2 Å². The number of H-pyrrole nitrogens is 1. The molecule has 3 atom stereocenters. The van der Waals surface area contributed by atoms with Gasteiger partial charge in [0.05, 0.1) is 6.61 Å². The Kier molecular flexibility index (Phi) is 4.24. The topological polar surface area (TPSA) is 93.6 Å². The Morgan fingerprint density at radius 2 is 2.45 bits per heavy atom. The van der Waals surface area contributed by atoms with Crippen molar-refractivity contribution >= 4 is 0 Å². The van der Waals surface area contributed by atoms with E-state index in [2.05, 4.69) is 17.3 Å². The highest BCUT2D eigenvalue weighted by molar-refractivity contribution is 5.02. The van der Waals surface area contributed by atoms with Crippen molar-refractivity contribution < 1.29 is 14.6 Å². The first kappa shape index (κ1) is 14.3. The first-order chi connectivity index (χ1) is 9.56. The fourth-order valence-corrected chi connectivity index (χ4v) is 2.11. The number of hydrogen-bond acceptors (Lipinski definition) is 5. The van der Waals surface area contributed by atoms with Crippen LogP contribution in [-0.2, 0) is 9.47 Å². The van der Waals surface area contributed by atoms with Crippen molar-refractivity contribution in [2.24, 2.45) is 0 Å². The van der Waals surface area contributed by atoms with Gasteiger partial charge in [-0.25, -0.2) is 4.79 Å². The fourth-order valence-electron chi connectivity index (χ4n) is 2.11. The molecule has 0 saturated carbocycles. The largest absolute Gasteiger partial charge is 0.487 e. The summed E-state index contributed by atoms with van der Waals surface area (Å²) in [4.78, 5) is 25.3. The normalized spacial score (nSPS) is 25.2. The fraction of sp³-hybridized carbons (Fsp3) is 0.462. The molecule has 7 heteroatoms. The van der Waals surface area contributed by atoms with E-state index in [0.717, 1.165) is 0 Å². The molecule has 1 aliphatic rings. The van der Waals surface area contributed by atoms with Crippen LogP contribution in [0.2, 0.25) is 0 Å². The molecule has 1 aliphatic heterocycles. The Bertz CT molecular complexity index is 641. The lowest BCUT2D eigenvalue weighted by atomic mass is 10.2. The van der Waals surface area contributed by atoms with Gasteiger partial charge in [0, 0.05) is 18.2 Å². The minimum atomic E-state index is -0.599. The molecule has 1 aromatic heterocycles. The monoisotopic (exact) mass is 280 g/mol. The Balaban J connectivity index is 2.27. The van der Waals surface area contributed by atoms with Crippen LogP contribution in [0.15, 0.2) is 34.4 Å². The zero-order chi connectivity index (χ0) is 14.7. The van der Waals surface area contributed by atoms with Crippen LogP contribution in [0, 0.1) is 6.92 Å². The molecule has 7 nitrogen and oxygen atoms in total. The van der Waals surface area contributed by atoms with Gasteiger partial charge < -0.3 is 14.6 Å². The van der Waals surface area contributed by atoms with Crippen LogP contribution in [0.1, 0.15) is 18.2 Å². The Labute approximate surface area is 114 Å². The average molecular weight is 280 g/mol. The van der Waals surface area contributed by atoms with E-state index in [1.807, 2.05) is 0 Å². The molecule has 1 fully saturated rings. The van der Waals surface area contributed by atoms with E-state index in [1.165, 1.54) is 17.0 Å². The summed E-state index contributed by atoms with van der Waals surface area (Å²) < 4.78 is 12.2. The van der Waals surface area contributed by atoms with Crippen LogP contribution in [0.3, 0.4) is 0 Å². The molecule has 1 saturated heterocycles. The molecule has 1 aromatic rings. The van der Waals surface area contributed by atoms with Crippen LogP contribution in [-0.4, -0.2) is 33.5 Å². The van der Waals surface area contributed by atoms with Crippen LogP contribution in [0.25, 0.3) is 0 Å². The van der Waals surface area contributed by atoms with Gasteiger partial charge in [-0.05, 0) is 6.92 Å². The number of rotatable bonds is 4. The molecule has 0 spiro atoms. The zero-order valence-corrected chi connectivity index (χ0v) is 11.0. The lowest BCUT2D eigenvalue weighted by Crippen LogP contribution is -2.33. The zero-order valence-electron chi connectivity index (χ0n) is 11.0. The van der Waals surface area contributed by atoms with E-state index < -0.39 is 29.7 Å². The van der Waals surface area contributed by atoms with Gasteiger partial charge in [-0.1, -0.05) is 12.3 Å². The molecule has 0 bridgehead atoms. The highest BCUT2D eigenvalue weighted by atomic mass is 16.6. The van der Waals surface area contributed by atoms with Gasteiger partial charge in [0.15, 0.2) is 0 Å². The second-order valence-corrected chi connectivity index (χ2v) is 4.52. The summed E-state index contributed by atoms with van der Waals surface area (Å²) in [5.41, 5.74) is 1.90. The molecule has 108 valence electrons. The number of aromatic amines is 1. The van der Waals surface area contributed by atoms with E-state index in [4.69, 9.17) is 9.47 Å². The predicted molar refractivity (Wildman–Crippen MR) is 70.3 cm³/mol. The highest BCUT2D eigenvalue weighted by Gasteiger charge is 2.37. The van der Waals surface area contributed by atoms with E-state index in [9.17, 15) is 14.7 Å². The molecule has 2 N–H and O–H groups in total. The van der Waals surface area contributed by atoms with Gasteiger partial charge in [-0.3, -0.25) is 14.3 Å². The van der Waals surface area contributed by atoms with Gasteiger partial charge in [0.1, 0.15) is 24.7 Å². The quantitative estimate of drug-likeness (QED) is 0.589. The number of aliphatic hydroxyl groups excluding tert-OH is 1. The van der Waals surface area contributed by atoms with Crippen molar-refractivity contribution in [3.05, 3.63) is 51.2 Å². The molecule has 0 unspecified atom stereocenters. The third kappa shape index (κ3) is 2.75. The van der Waals surface area contributed by atoms with Crippen LogP contribution in [0.4, 0.5) is 0 Å². The van der Waals surface area contributed by atoms with E-state index in [-0.39, 0.29) is 6.61 Å². The molecule has 20 heavy (non-hydrogen) atoms. The summed E-state index contributed by atoms with van der Waals surface area (Å²) in [6.45, 7) is 4.75. The maximum atomic E-state index is 11.8. The number of nitrogens with one attached hydrogen (secondary N) is 1. The molecule has 0 aromatic carbocycles. The van der Waals surface area contributed by atoms with E-state index in [1.54, 1.807) is 6.92 Å². The Morgan fingerprint density at radius 3 is 3.10 bits per heavy atom. The van der Waals surface area contributed by atoms with Gasteiger partial charge in [0.2, 0.25) is 0 Å². The van der Waals surface area contributed by atoms with Crippen molar-refractivity contribution in [1.29, 1.82) is 0 Å². The molecular weight excluding hydrogens is 264 g/mol. The molecule has 2 heterocycles. The van der Waals surface area contributed by atoms with Gasteiger partial charge in [-0.15, -0.1) is 0 Å². The minimum absolute atomic E-state index is 0.233. The van der Waals surface area contributed by atoms with Crippen molar-refractivity contribution in [1.82, 2.24) is 9.55 Å². The summed E-state index contributed by atoms with van der Waals surface area (Å²) in [6, 6.07) is 0. The number of aliphatic hydroxyl groups is 1. The number of aryl methyl sites for hydroxylation is 1. The smallest absolute Gasteiger partial charge is 0.330 e. The maximum absolute atomic E-state index is 11.8. The SMILES string of the molecule is C=C=CO[C@H]1C[C@H](n2cc(C)c(=O)[nH]c2=O)O[C@@H]1CO. The molecular formula is C13H16N2O5. The third-order valence-electron chi connectivity index (χ3n) is 3.14. The second kappa shape index (κ2) is 5.92. The first-order valence-corrected chi connectivity index (χ1v) is 6.15. The minimum Gasteiger partial charge on any atom is -0.487 e. The van der Waals surface area contributed by atoms with Crippen LogP contribution >= 0.6 is 0 Å². The number of ether oxygens (including phenoxy) is 2. The lowest BCUT2D eigenvalue weighted by molar-refractivity contribution is -0.0480. The molecule has 2 rings (SSSR count). The van der Waals surface area contributed by atoms with E-state index in [0.29, 0.717) is 12.0 Å². The summed E-state index contributed by atoms with van der Waals surface area (Å²) in [6.07, 6.45) is 1.54. The number of hydrogen-bond donors (Lipinski definition) is 2. The lowest BCUT2D eigenvalue weighted by Gasteiger charge is -2.15. The standard InChI is InChI=1S/C13H16N2O5/c1-3-4-19-9-5-11(20-10(9)7-16)15-6-8(2)12(17)14-13(15)18/h4,6,9-11,16H,1,5,7H2,2H3,(H,14,17,18)/t9-,10+,11+/m0/s1. The van der Waals surface area contributed by atoms with E-state index >= 15 is 0 Å². The van der Waals surface area contributed by atoms with Crippen molar-refractivity contribution in [3.63, 3.8) is 0 Å². The van der Waals surface area contributed by atoms with Crippen molar-refractivity contribution in [2.45, 2.75) is 31.8 Å². The third-order valence-corrected chi connectivity index (χ3v) is 3.14. The first-order valence-electron chi connectivity index (χ1n) is 6.15.